The zero-order valence-corrected chi connectivity index (χ0v) is 15.9. The second-order valence-electron chi connectivity index (χ2n) is 6.68. The van der Waals surface area contributed by atoms with Crippen molar-refractivity contribution in [2.75, 3.05) is 5.32 Å². The Morgan fingerprint density at radius 3 is 1.81 bits per heavy atom. The molecule has 32 heavy (non-hydrogen) atoms. The van der Waals surface area contributed by atoms with Crippen LogP contribution < -0.4 is 5.32 Å². The Morgan fingerprint density at radius 1 is 0.719 bits per heavy atom. The summed E-state index contributed by atoms with van der Waals surface area (Å²) in [5.74, 6) is -2.31. The van der Waals surface area contributed by atoms with E-state index in [0.717, 1.165) is 12.1 Å². The topological polar surface area (TPSA) is 66.4 Å². The molecule has 0 saturated carbocycles. The third-order valence-corrected chi connectivity index (χ3v) is 4.38. The second-order valence-corrected chi connectivity index (χ2v) is 6.68. The van der Waals surface area contributed by atoms with Gasteiger partial charge in [0.1, 0.15) is 5.75 Å². The molecule has 0 aromatic heterocycles. The van der Waals surface area contributed by atoms with Crippen molar-refractivity contribution in [1.29, 1.82) is 0 Å². The highest BCUT2D eigenvalue weighted by molar-refractivity contribution is 6.12. The van der Waals surface area contributed by atoms with Gasteiger partial charge in [-0.2, -0.15) is 26.3 Å². The smallest absolute Gasteiger partial charge is 0.416 e. The molecule has 0 aliphatic rings. The molecular formula is C22H13F6NO3. The molecule has 0 heterocycles. The summed E-state index contributed by atoms with van der Waals surface area (Å²) >= 11 is 0. The maximum atomic E-state index is 13.0. The second kappa shape index (κ2) is 8.37. The Labute approximate surface area is 177 Å². The fourth-order valence-corrected chi connectivity index (χ4v) is 2.84. The summed E-state index contributed by atoms with van der Waals surface area (Å²) in [5, 5.41) is 11.9. The summed E-state index contributed by atoms with van der Waals surface area (Å²) in [6.45, 7) is 0. The van der Waals surface area contributed by atoms with Gasteiger partial charge in [-0.15, -0.1) is 0 Å². The summed E-state index contributed by atoms with van der Waals surface area (Å²) in [6, 6.07) is 11.8. The van der Waals surface area contributed by atoms with E-state index in [2.05, 4.69) is 0 Å². The van der Waals surface area contributed by atoms with E-state index >= 15 is 0 Å². The van der Waals surface area contributed by atoms with Crippen LogP contribution in [0.5, 0.6) is 5.75 Å². The van der Waals surface area contributed by atoms with Crippen molar-refractivity contribution < 1.29 is 41.0 Å². The van der Waals surface area contributed by atoms with Crippen LogP contribution in [0.3, 0.4) is 0 Å². The summed E-state index contributed by atoms with van der Waals surface area (Å²) < 4.78 is 78.0. The molecule has 10 heteroatoms. The van der Waals surface area contributed by atoms with Crippen LogP contribution in [0.25, 0.3) is 0 Å². The van der Waals surface area contributed by atoms with E-state index in [1.165, 1.54) is 18.2 Å². The first-order valence-electron chi connectivity index (χ1n) is 8.90. The van der Waals surface area contributed by atoms with E-state index in [0.29, 0.717) is 12.1 Å². The number of ketones is 1. The van der Waals surface area contributed by atoms with Gasteiger partial charge in [0.05, 0.1) is 16.7 Å². The molecule has 0 spiro atoms. The first kappa shape index (κ1) is 22.9. The molecule has 0 fully saturated rings. The molecule has 4 nitrogen and oxygen atoms in total. The number of phenols is 1. The molecule has 166 valence electrons. The zero-order valence-electron chi connectivity index (χ0n) is 15.9. The molecule has 1 amide bonds. The number of anilines is 1. The highest BCUT2D eigenvalue weighted by atomic mass is 19.4. The predicted octanol–water partition coefficient (Wildman–Crippen LogP) is 5.91. The van der Waals surface area contributed by atoms with Crippen LogP contribution in [-0.4, -0.2) is 16.8 Å². The number of halogens is 6. The number of rotatable bonds is 4. The lowest BCUT2D eigenvalue weighted by Crippen LogP contribution is -2.16. The number of benzene rings is 3. The van der Waals surface area contributed by atoms with Gasteiger partial charge in [-0.3, -0.25) is 9.59 Å². The van der Waals surface area contributed by atoms with E-state index in [9.17, 15) is 41.0 Å². The standard InChI is InChI=1S/C22H13F6NO3/c23-21(24,25)14-9-15(22(26,27)28)11-16(10-14)29-20(32)17-8-13(6-7-18(17)30)19(31)12-4-2-1-3-5-12/h1-11,30H,(H,29,32). The molecule has 0 aliphatic carbocycles. The van der Waals surface area contributed by atoms with Crippen molar-refractivity contribution in [3.8, 4) is 5.75 Å². The van der Waals surface area contributed by atoms with Crippen LogP contribution in [-0.2, 0) is 12.4 Å². The molecule has 0 radical (unpaired) electrons. The normalized spacial score (nSPS) is 11.8. The minimum absolute atomic E-state index is 0.0147. The fourth-order valence-electron chi connectivity index (χ4n) is 2.84. The molecule has 0 bridgehead atoms. The quantitative estimate of drug-likeness (QED) is 0.381. The van der Waals surface area contributed by atoms with Gasteiger partial charge in [-0.05, 0) is 36.4 Å². The molecule has 3 aromatic rings. The van der Waals surface area contributed by atoms with Crippen LogP contribution in [0.1, 0.15) is 37.4 Å². The fraction of sp³-hybridized carbons (Fsp3) is 0.0909. The third-order valence-electron chi connectivity index (χ3n) is 4.38. The van der Waals surface area contributed by atoms with E-state index in [1.807, 2.05) is 5.32 Å². The first-order chi connectivity index (χ1) is 14.9. The van der Waals surface area contributed by atoms with Crippen molar-refractivity contribution in [3.63, 3.8) is 0 Å². The molecule has 0 unspecified atom stereocenters. The molecular weight excluding hydrogens is 440 g/mol. The lowest BCUT2D eigenvalue weighted by Gasteiger charge is -2.15. The van der Waals surface area contributed by atoms with Crippen molar-refractivity contribution in [2.24, 2.45) is 0 Å². The Morgan fingerprint density at radius 2 is 1.28 bits per heavy atom. The van der Waals surface area contributed by atoms with E-state index in [-0.39, 0.29) is 17.2 Å². The molecule has 0 atom stereocenters. The summed E-state index contributed by atoms with van der Waals surface area (Å²) in [5.41, 5.74) is -4.25. The number of nitrogens with one attached hydrogen (secondary N) is 1. The Hall–Kier alpha value is -3.82. The number of carbonyl (C=O) groups is 2. The largest absolute Gasteiger partial charge is 0.507 e. The van der Waals surface area contributed by atoms with Gasteiger partial charge in [-0.25, -0.2) is 0 Å². The van der Waals surface area contributed by atoms with Crippen LogP contribution in [0.4, 0.5) is 32.0 Å². The maximum absolute atomic E-state index is 13.0. The lowest BCUT2D eigenvalue weighted by atomic mass is 10.0. The summed E-state index contributed by atoms with van der Waals surface area (Å²) in [6.07, 6.45) is -10.2. The van der Waals surface area contributed by atoms with Gasteiger partial charge in [0, 0.05) is 16.8 Å². The summed E-state index contributed by atoms with van der Waals surface area (Å²) in [7, 11) is 0. The van der Waals surface area contributed by atoms with Crippen LogP contribution in [0, 0.1) is 0 Å². The van der Waals surface area contributed by atoms with Gasteiger partial charge < -0.3 is 10.4 Å². The third kappa shape index (κ3) is 5.08. The molecule has 2 N–H and O–H groups in total. The molecule has 3 rings (SSSR count). The van der Waals surface area contributed by atoms with Crippen molar-refractivity contribution >= 4 is 17.4 Å². The Balaban J connectivity index is 1.96. The minimum Gasteiger partial charge on any atom is -0.507 e. The van der Waals surface area contributed by atoms with Crippen molar-refractivity contribution in [1.82, 2.24) is 0 Å². The number of phenolic OH excluding ortho intramolecular Hbond substituents is 1. The zero-order chi connectivity index (χ0) is 23.7. The van der Waals surface area contributed by atoms with Gasteiger partial charge in [-0.1, -0.05) is 30.3 Å². The van der Waals surface area contributed by atoms with Crippen molar-refractivity contribution in [2.45, 2.75) is 12.4 Å². The first-order valence-corrected chi connectivity index (χ1v) is 8.90. The SMILES string of the molecule is O=C(c1ccccc1)c1ccc(O)c(C(=O)Nc2cc(C(F)(F)F)cc(C(F)(F)F)c2)c1. The molecule has 0 aliphatic heterocycles. The van der Waals surface area contributed by atoms with Crippen LogP contribution in [0.15, 0.2) is 66.7 Å². The maximum Gasteiger partial charge on any atom is 0.416 e. The van der Waals surface area contributed by atoms with Gasteiger partial charge in [0.15, 0.2) is 5.78 Å². The number of aromatic hydroxyl groups is 1. The molecule has 0 saturated heterocycles. The van der Waals surface area contributed by atoms with Gasteiger partial charge >= 0.3 is 12.4 Å². The van der Waals surface area contributed by atoms with E-state index in [1.54, 1.807) is 18.2 Å². The number of carbonyl (C=O) groups excluding carboxylic acids is 2. The number of hydrogen-bond acceptors (Lipinski definition) is 3. The Bertz CT molecular complexity index is 1140. The number of amides is 1. The van der Waals surface area contributed by atoms with Gasteiger partial charge in [0.25, 0.3) is 5.91 Å². The highest BCUT2D eigenvalue weighted by Crippen LogP contribution is 2.37. The van der Waals surface area contributed by atoms with Crippen LogP contribution >= 0.6 is 0 Å². The monoisotopic (exact) mass is 453 g/mol. The average Bonchev–Trinajstić information content (AvgIpc) is 2.72. The number of alkyl halides is 6. The van der Waals surface area contributed by atoms with Crippen molar-refractivity contribution in [3.05, 3.63) is 94.5 Å². The lowest BCUT2D eigenvalue weighted by molar-refractivity contribution is -0.143. The average molecular weight is 453 g/mol. The van der Waals surface area contributed by atoms with E-state index < -0.39 is 52.2 Å². The number of hydrogen-bond donors (Lipinski definition) is 2. The molecule has 3 aromatic carbocycles. The van der Waals surface area contributed by atoms with Crippen LogP contribution in [0.2, 0.25) is 0 Å². The predicted molar refractivity (Wildman–Crippen MR) is 102 cm³/mol. The van der Waals surface area contributed by atoms with E-state index in [4.69, 9.17) is 0 Å². The van der Waals surface area contributed by atoms with Gasteiger partial charge in [0.2, 0.25) is 0 Å². The Kier molecular flexibility index (Phi) is 5.98. The minimum atomic E-state index is -5.09. The highest BCUT2D eigenvalue weighted by Gasteiger charge is 2.37. The summed E-state index contributed by atoms with van der Waals surface area (Å²) in [4.78, 5) is 25.1.